The topological polar surface area (TPSA) is 46.5 Å². The van der Waals surface area contributed by atoms with Crippen molar-refractivity contribution in [1.82, 2.24) is 14.8 Å². The van der Waals surface area contributed by atoms with E-state index in [1.165, 1.54) is 12.8 Å². The van der Waals surface area contributed by atoms with E-state index < -0.39 is 0 Å². The third kappa shape index (κ3) is 3.34. The molecule has 0 radical (unpaired) electrons. The van der Waals surface area contributed by atoms with Gasteiger partial charge in [0.1, 0.15) is 12.3 Å². The van der Waals surface area contributed by atoms with Gasteiger partial charge in [-0.1, -0.05) is 13.0 Å². The Morgan fingerprint density at radius 3 is 3.04 bits per heavy atom. The van der Waals surface area contributed by atoms with Crippen LogP contribution in [-0.4, -0.2) is 48.2 Å². The summed E-state index contributed by atoms with van der Waals surface area (Å²) >= 11 is 0. The molecule has 1 saturated heterocycles. The van der Waals surface area contributed by atoms with Gasteiger partial charge in [0.2, 0.25) is 5.91 Å². The average molecular weight is 315 g/mol. The molecule has 0 bridgehead atoms. The number of likely N-dealkylation sites (tertiary alicyclic amines) is 1. The Hall–Kier alpha value is -2.01. The molecule has 1 atom stereocenters. The molecule has 1 aromatic carbocycles. The predicted octanol–water partition coefficient (Wildman–Crippen LogP) is 2.25. The van der Waals surface area contributed by atoms with Crippen LogP contribution in [0.25, 0.3) is 10.9 Å². The van der Waals surface area contributed by atoms with Crippen molar-refractivity contribution in [2.75, 3.05) is 26.7 Å². The van der Waals surface area contributed by atoms with Crippen LogP contribution in [0.4, 0.5) is 0 Å². The zero-order valence-corrected chi connectivity index (χ0v) is 13.9. The molecule has 0 saturated carbocycles. The summed E-state index contributed by atoms with van der Waals surface area (Å²) < 4.78 is 7.34. The van der Waals surface area contributed by atoms with Gasteiger partial charge in [-0.15, -0.1) is 0 Å². The summed E-state index contributed by atoms with van der Waals surface area (Å²) in [4.78, 5) is 14.7. The van der Waals surface area contributed by atoms with Crippen LogP contribution in [0.1, 0.15) is 19.8 Å². The largest absolute Gasteiger partial charge is 0.496 e. The molecule has 0 aliphatic carbocycles. The average Bonchev–Trinajstić information content (AvgIpc) is 3.19. The number of amides is 1. The van der Waals surface area contributed by atoms with Gasteiger partial charge < -0.3 is 14.6 Å². The number of hydrogen-bond acceptors (Lipinski definition) is 3. The van der Waals surface area contributed by atoms with E-state index in [-0.39, 0.29) is 5.91 Å². The Labute approximate surface area is 137 Å². The molecule has 2 aromatic rings. The lowest BCUT2D eigenvalue weighted by molar-refractivity contribution is -0.121. The summed E-state index contributed by atoms with van der Waals surface area (Å²) in [5.41, 5.74) is 1.02. The van der Waals surface area contributed by atoms with Gasteiger partial charge in [0.05, 0.1) is 12.6 Å². The van der Waals surface area contributed by atoms with Crippen molar-refractivity contribution in [3.05, 3.63) is 30.5 Å². The standard InChI is InChI=1S/C18H25N3O2/c1-3-20-10-5-6-14(20)12-19-18(22)13-21-11-9-15-16(21)7-4-8-17(15)23-2/h4,7-9,11,14H,3,5-6,10,12-13H2,1-2H3,(H,19,22)/t14-/m1/s1. The predicted molar refractivity (Wildman–Crippen MR) is 91.8 cm³/mol. The maximum Gasteiger partial charge on any atom is 0.239 e. The Kier molecular flexibility index (Phi) is 4.86. The minimum atomic E-state index is 0.0632. The van der Waals surface area contributed by atoms with E-state index in [1.54, 1.807) is 7.11 Å². The van der Waals surface area contributed by atoms with Gasteiger partial charge in [-0.05, 0) is 44.1 Å². The summed E-state index contributed by atoms with van der Waals surface area (Å²) in [5.74, 6) is 0.902. The minimum Gasteiger partial charge on any atom is -0.496 e. The summed E-state index contributed by atoms with van der Waals surface area (Å²) in [6, 6.07) is 8.39. The summed E-state index contributed by atoms with van der Waals surface area (Å²) in [5, 5.41) is 4.13. The van der Waals surface area contributed by atoms with Gasteiger partial charge in [0.25, 0.3) is 0 Å². The minimum absolute atomic E-state index is 0.0632. The number of carbonyl (C=O) groups excluding carboxylic acids is 1. The number of methoxy groups -OCH3 is 1. The molecule has 1 N–H and O–H groups in total. The van der Waals surface area contributed by atoms with Crippen molar-refractivity contribution in [3.63, 3.8) is 0 Å². The van der Waals surface area contributed by atoms with Crippen LogP contribution in [0.15, 0.2) is 30.5 Å². The van der Waals surface area contributed by atoms with Crippen LogP contribution in [0.3, 0.4) is 0 Å². The Morgan fingerprint density at radius 1 is 1.39 bits per heavy atom. The Balaban J connectivity index is 1.62. The first-order valence-corrected chi connectivity index (χ1v) is 8.35. The maximum absolute atomic E-state index is 12.3. The second-order valence-corrected chi connectivity index (χ2v) is 6.07. The first-order valence-electron chi connectivity index (χ1n) is 8.35. The van der Waals surface area contributed by atoms with Crippen molar-refractivity contribution in [2.45, 2.75) is 32.4 Å². The Morgan fingerprint density at radius 2 is 2.26 bits per heavy atom. The van der Waals surface area contributed by atoms with E-state index in [9.17, 15) is 4.79 Å². The lowest BCUT2D eigenvalue weighted by Crippen LogP contribution is -2.40. The molecule has 1 aromatic heterocycles. The van der Waals surface area contributed by atoms with Gasteiger partial charge in [-0.2, -0.15) is 0 Å². The number of aromatic nitrogens is 1. The molecule has 1 fully saturated rings. The van der Waals surface area contributed by atoms with E-state index >= 15 is 0 Å². The third-order valence-corrected chi connectivity index (χ3v) is 4.75. The van der Waals surface area contributed by atoms with Crippen molar-refractivity contribution in [3.8, 4) is 5.75 Å². The number of nitrogens with zero attached hydrogens (tertiary/aromatic N) is 2. The van der Waals surface area contributed by atoms with Crippen LogP contribution in [0, 0.1) is 0 Å². The van der Waals surface area contributed by atoms with E-state index in [1.807, 2.05) is 35.0 Å². The van der Waals surface area contributed by atoms with Crippen molar-refractivity contribution >= 4 is 16.8 Å². The smallest absolute Gasteiger partial charge is 0.239 e. The maximum atomic E-state index is 12.3. The Bertz CT molecular complexity index is 680. The summed E-state index contributed by atoms with van der Waals surface area (Å²) in [6.07, 6.45) is 4.36. The summed E-state index contributed by atoms with van der Waals surface area (Å²) in [7, 11) is 1.67. The second-order valence-electron chi connectivity index (χ2n) is 6.07. The molecule has 0 spiro atoms. The normalized spacial score (nSPS) is 18.4. The van der Waals surface area contributed by atoms with Gasteiger partial charge in [-0.3, -0.25) is 9.69 Å². The van der Waals surface area contributed by atoms with Crippen LogP contribution in [0.2, 0.25) is 0 Å². The van der Waals surface area contributed by atoms with Crippen LogP contribution < -0.4 is 10.1 Å². The number of ether oxygens (including phenoxy) is 1. The van der Waals surface area contributed by atoms with Crippen molar-refractivity contribution in [2.24, 2.45) is 0 Å². The van der Waals surface area contributed by atoms with Crippen LogP contribution in [-0.2, 0) is 11.3 Å². The first kappa shape index (κ1) is 15.9. The SMILES string of the molecule is CCN1CCC[C@@H]1CNC(=O)Cn1ccc2c(OC)cccc21. The number of nitrogens with one attached hydrogen (secondary N) is 1. The van der Waals surface area contributed by atoms with Crippen molar-refractivity contribution in [1.29, 1.82) is 0 Å². The third-order valence-electron chi connectivity index (χ3n) is 4.75. The lowest BCUT2D eigenvalue weighted by Gasteiger charge is -2.22. The highest BCUT2D eigenvalue weighted by Crippen LogP contribution is 2.26. The fourth-order valence-electron chi connectivity index (χ4n) is 3.50. The number of fused-ring (bicyclic) bond motifs is 1. The molecule has 1 amide bonds. The molecule has 2 heterocycles. The number of carbonyl (C=O) groups is 1. The highest BCUT2D eigenvalue weighted by molar-refractivity contribution is 5.88. The monoisotopic (exact) mass is 315 g/mol. The fourth-order valence-corrected chi connectivity index (χ4v) is 3.50. The molecule has 23 heavy (non-hydrogen) atoms. The van der Waals surface area contributed by atoms with Crippen molar-refractivity contribution < 1.29 is 9.53 Å². The fraction of sp³-hybridized carbons (Fsp3) is 0.500. The van der Waals surface area contributed by atoms with E-state index in [4.69, 9.17) is 4.74 Å². The zero-order valence-electron chi connectivity index (χ0n) is 13.9. The highest BCUT2D eigenvalue weighted by Gasteiger charge is 2.23. The van der Waals surface area contributed by atoms with Gasteiger partial charge >= 0.3 is 0 Å². The number of rotatable bonds is 6. The number of benzene rings is 1. The molecular formula is C18H25N3O2. The molecule has 3 rings (SSSR count). The first-order chi connectivity index (χ1) is 11.2. The second kappa shape index (κ2) is 7.04. The van der Waals surface area contributed by atoms with E-state index in [0.717, 1.165) is 36.3 Å². The molecule has 5 heteroatoms. The van der Waals surface area contributed by atoms with Crippen LogP contribution in [0.5, 0.6) is 5.75 Å². The molecule has 1 aliphatic rings. The van der Waals surface area contributed by atoms with E-state index in [0.29, 0.717) is 12.6 Å². The number of likely N-dealkylation sites (N-methyl/N-ethyl adjacent to an activating group) is 1. The van der Waals surface area contributed by atoms with Gasteiger partial charge in [-0.25, -0.2) is 0 Å². The lowest BCUT2D eigenvalue weighted by atomic mass is 10.2. The number of hydrogen-bond donors (Lipinski definition) is 1. The van der Waals surface area contributed by atoms with Crippen LogP contribution >= 0.6 is 0 Å². The van der Waals surface area contributed by atoms with Gasteiger partial charge in [0, 0.05) is 24.2 Å². The van der Waals surface area contributed by atoms with E-state index in [2.05, 4.69) is 17.1 Å². The molecule has 1 aliphatic heterocycles. The molecule has 5 nitrogen and oxygen atoms in total. The molecular weight excluding hydrogens is 290 g/mol. The molecule has 0 unspecified atom stereocenters. The zero-order chi connectivity index (χ0) is 16.2. The van der Waals surface area contributed by atoms with Gasteiger partial charge in [0.15, 0.2) is 0 Å². The molecule has 124 valence electrons. The summed E-state index contributed by atoms with van der Waals surface area (Å²) in [6.45, 7) is 5.48. The highest BCUT2D eigenvalue weighted by atomic mass is 16.5. The quantitative estimate of drug-likeness (QED) is 0.889.